The van der Waals surface area contributed by atoms with Crippen LogP contribution in [-0.2, 0) is 25.1 Å². The van der Waals surface area contributed by atoms with Gasteiger partial charge in [-0.1, -0.05) is 0 Å². The number of aromatic nitrogens is 5. The van der Waals surface area contributed by atoms with Gasteiger partial charge in [0.15, 0.2) is 5.75 Å². The van der Waals surface area contributed by atoms with Crippen molar-refractivity contribution in [1.29, 1.82) is 5.26 Å². The van der Waals surface area contributed by atoms with E-state index in [-0.39, 0.29) is 19.5 Å². The van der Waals surface area contributed by atoms with Crippen molar-refractivity contribution in [2.24, 2.45) is 0 Å². The standard InChI is InChI=1S/C17H17N7O4S/c1-28-14(25)8-29(26,27)23-9-17(10-23,3-4-18)24-7-12(6-22-24)15-13-2-5-19-16(13)21-11-20-15/h2,5-7,11H,3,8-10H2,1H3,(H,19,20,21). The molecule has 1 saturated heterocycles. The van der Waals surface area contributed by atoms with E-state index in [1.807, 2.05) is 6.07 Å². The molecule has 11 nitrogen and oxygen atoms in total. The van der Waals surface area contributed by atoms with Gasteiger partial charge < -0.3 is 9.72 Å². The third-order valence-electron chi connectivity index (χ3n) is 4.97. The molecule has 4 rings (SSSR count). The summed E-state index contributed by atoms with van der Waals surface area (Å²) in [4.78, 5) is 22.9. The molecule has 150 valence electrons. The number of hydrogen-bond acceptors (Lipinski definition) is 8. The average Bonchev–Trinajstić information content (AvgIpc) is 3.32. The summed E-state index contributed by atoms with van der Waals surface area (Å²) in [5.74, 6) is -1.56. The van der Waals surface area contributed by atoms with E-state index in [0.717, 1.165) is 22.4 Å². The molecule has 0 spiro atoms. The number of rotatable bonds is 6. The first-order valence-electron chi connectivity index (χ1n) is 8.64. The molecule has 3 aromatic rings. The van der Waals surface area contributed by atoms with E-state index in [2.05, 4.69) is 30.9 Å². The third kappa shape index (κ3) is 3.24. The second-order valence-electron chi connectivity index (χ2n) is 6.80. The fourth-order valence-corrected chi connectivity index (χ4v) is 4.87. The van der Waals surface area contributed by atoms with Gasteiger partial charge in [0.25, 0.3) is 0 Å². The maximum Gasteiger partial charge on any atom is 0.322 e. The van der Waals surface area contributed by atoms with Gasteiger partial charge in [0.1, 0.15) is 17.5 Å². The summed E-state index contributed by atoms with van der Waals surface area (Å²) in [7, 11) is -2.68. The van der Waals surface area contributed by atoms with Crippen LogP contribution in [0, 0.1) is 11.3 Å². The van der Waals surface area contributed by atoms with Gasteiger partial charge in [0.2, 0.25) is 10.0 Å². The zero-order valence-corrected chi connectivity index (χ0v) is 16.3. The quantitative estimate of drug-likeness (QED) is 0.564. The molecule has 0 radical (unpaired) electrons. The van der Waals surface area contributed by atoms with E-state index in [1.165, 1.54) is 6.33 Å². The van der Waals surface area contributed by atoms with Crippen molar-refractivity contribution in [2.45, 2.75) is 12.0 Å². The summed E-state index contributed by atoms with van der Waals surface area (Å²) < 4.78 is 31.9. The number of esters is 1. The van der Waals surface area contributed by atoms with Crippen LogP contribution in [0.3, 0.4) is 0 Å². The van der Waals surface area contributed by atoms with Gasteiger partial charge in [-0.05, 0) is 6.07 Å². The second-order valence-corrected chi connectivity index (χ2v) is 8.76. The van der Waals surface area contributed by atoms with Crippen LogP contribution in [0.25, 0.3) is 22.3 Å². The molecule has 4 heterocycles. The monoisotopic (exact) mass is 415 g/mol. The summed E-state index contributed by atoms with van der Waals surface area (Å²) in [5, 5.41) is 14.5. The molecule has 1 aliphatic heterocycles. The van der Waals surface area contributed by atoms with Crippen LogP contribution >= 0.6 is 0 Å². The molecule has 0 bridgehead atoms. The van der Waals surface area contributed by atoms with Crippen LogP contribution in [-0.4, -0.2) is 69.4 Å². The van der Waals surface area contributed by atoms with E-state index >= 15 is 0 Å². The largest absolute Gasteiger partial charge is 0.468 e. The van der Waals surface area contributed by atoms with E-state index < -0.39 is 27.3 Å². The van der Waals surface area contributed by atoms with Crippen molar-refractivity contribution in [2.75, 3.05) is 26.0 Å². The number of nitrogens with one attached hydrogen (secondary N) is 1. The highest BCUT2D eigenvalue weighted by atomic mass is 32.2. The van der Waals surface area contributed by atoms with Gasteiger partial charge in [-0.2, -0.15) is 14.7 Å². The lowest BCUT2D eigenvalue weighted by Gasteiger charge is -2.47. The predicted molar refractivity (Wildman–Crippen MR) is 101 cm³/mol. The number of methoxy groups -OCH3 is 1. The number of carbonyl (C=O) groups excluding carboxylic acids is 1. The summed E-state index contributed by atoms with van der Waals surface area (Å²) in [5.41, 5.74) is 1.30. The lowest BCUT2D eigenvalue weighted by molar-refractivity contribution is -0.137. The Morgan fingerprint density at radius 2 is 2.21 bits per heavy atom. The fourth-order valence-electron chi connectivity index (χ4n) is 3.40. The van der Waals surface area contributed by atoms with Gasteiger partial charge in [-0.3, -0.25) is 9.48 Å². The molecule has 1 fully saturated rings. The Kier molecular flexibility index (Phi) is 4.56. The summed E-state index contributed by atoms with van der Waals surface area (Å²) >= 11 is 0. The van der Waals surface area contributed by atoms with Crippen molar-refractivity contribution in [3.63, 3.8) is 0 Å². The van der Waals surface area contributed by atoms with Crippen LogP contribution in [0.15, 0.2) is 31.0 Å². The van der Waals surface area contributed by atoms with Crippen LogP contribution < -0.4 is 0 Å². The number of sulfonamides is 1. The molecule has 0 atom stereocenters. The minimum Gasteiger partial charge on any atom is -0.468 e. The minimum atomic E-state index is -3.82. The smallest absolute Gasteiger partial charge is 0.322 e. The lowest BCUT2D eigenvalue weighted by Crippen LogP contribution is -2.64. The minimum absolute atomic E-state index is 0.0460. The normalized spacial score (nSPS) is 16.3. The lowest BCUT2D eigenvalue weighted by atomic mass is 9.89. The predicted octanol–water partition coefficient (Wildman–Crippen LogP) is 0.249. The first-order valence-corrected chi connectivity index (χ1v) is 10.2. The van der Waals surface area contributed by atoms with Gasteiger partial charge in [0, 0.05) is 36.4 Å². The zero-order chi connectivity index (χ0) is 20.6. The summed E-state index contributed by atoms with van der Waals surface area (Å²) in [6.45, 7) is 0.0920. The number of nitrogens with zero attached hydrogens (tertiary/aromatic N) is 6. The van der Waals surface area contributed by atoms with E-state index in [9.17, 15) is 18.5 Å². The number of aromatic amines is 1. The number of carbonyl (C=O) groups is 1. The Morgan fingerprint density at radius 3 is 2.93 bits per heavy atom. The van der Waals surface area contributed by atoms with Crippen molar-refractivity contribution < 1.29 is 17.9 Å². The van der Waals surface area contributed by atoms with Crippen LogP contribution in [0.2, 0.25) is 0 Å². The molecule has 0 aliphatic carbocycles. The van der Waals surface area contributed by atoms with Gasteiger partial charge in [0.05, 0.1) is 31.5 Å². The molecule has 12 heteroatoms. The fraction of sp³-hybridized carbons (Fsp3) is 0.353. The number of H-pyrrole nitrogens is 1. The Hall–Kier alpha value is -3.30. The van der Waals surface area contributed by atoms with Crippen LogP contribution in [0.5, 0.6) is 0 Å². The van der Waals surface area contributed by atoms with E-state index in [4.69, 9.17) is 0 Å². The van der Waals surface area contributed by atoms with E-state index in [0.29, 0.717) is 11.3 Å². The Labute approximate surface area is 166 Å². The zero-order valence-electron chi connectivity index (χ0n) is 15.4. The van der Waals surface area contributed by atoms with E-state index in [1.54, 1.807) is 23.3 Å². The highest BCUT2D eigenvalue weighted by Crippen LogP contribution is 2.35. The Balaban J connectivity index is 1.61. The molecule has 1 aliphatic rings. The number of ether oxygens (including phenoxy) is 1. The molecule has 0 saturated carbocycles. The van der Waals surface area contributed by atoms with Crippen LogP contribution in [0.1, 0.15) is 6.42 Å². The van der Waals surface area contributed by atoms with Crippen molar-refractivity contribution in [3.8, 4) is 17.3 Å². The Bertz CT molecular complexity index is 1220. The summed E-state index contributed by atoms with van der Waals surface area (Å²) in [6.07, 6.45) is 6.65. The highest BCUT2D eigenvalue weighted by Gasteiger charge is 2.50. The van der Waals surface area contributed by atoms with Gasteiger partial charge in [-0.25, -0.2) is 18.4 Å². The molecule has 29 heavy (non-hydrogen) atoms. The summed E-state index contributed by atoms with van der Waals surface area (Å²) in [6, 6.07) is 3.96. The molecule has 0 aromatic carbocycles. The van der Waals surface area contributed by atoms with Gasteiger partial charge >= 0.3 is 5.97 Å². The van der Waals surface area contributed by atoms with Crippen molar-refractivity contribution in [1.82, 2.24) is 29.0 Å². The molecule has 3 aromatic heterocycles. The first-order chi connectivity index (χ1) is 13.9. The third-order valence-corrected chi connectivity index (χ3v) is 6.61. The average molecular weight is 415 g/mol. The van der Waals surface area contributed by atoms with Gasteiger partial charge in [-0.15, -0.1) is 0 Å². The number of hydrogen-bond donors (Lipinski definition) is 1. The van der Waals surface area contributed by atoms with Crippen molar-refractivity contribution in [3.05, 3.63) is 31.0 Å². The SMILES string of the molecule is COC(=O)CS(=O)(=O)N1CC(CC#N)(n2cc(-c3ncnc4[nH]ccc34)cn2)C1. The molecule has 0 amide bonds. The highest BCUT2D eigenvalue weighted by molar-refractivity contribution is 7.89. The maximum absolute atomic E-state index is 12.3. The topological polar surface area (TPSA) is 147 Å². The molecule has 1 N–H and O–H groups in total. The second kappa shape index (κ2) is 6.94. The van der Waals surface area contributed by atoms with Crippen molar-refractivity contribution >= 4 is 27.0 Å². The molecule has 0 unspecified atom stereocenters. The number of nitriles is 1. The molecular weight excluding hydrogens is 398 g/mol. The first kappa shape index (κ1) is 19.0. The van der Waals surface area contributed by atoms with Crippen LogP contribution in [0.4, 0.5) is 0 Å². The maximum atomic E-state index is 12.3. The molecular formula is C17H17N7O4S. The Morgan fingerprint density at radius 1 is 1.41 bits per heavy atom. The number of fused-ring (bicyclic) bond motifs is 1.